The zero-order chi connectivity index (χ0) is 16.9. The van der Waals surface area contributed by atoms with Crippen LogP contribution in [0.15, 0.2) is 23.7 Å². The number of ether oxygens (including phenoxy) is 1. The molecule has 2 aromatic rings. The second-order valence-corrected chi connectivity index (χ2v) is 7.63. The summed E-state index contributed by atoms with van der Waals surface area (Å²) in [4.78, 5) is 8.34. The highest BCUT2D eigenvalue weighted by Gasteiger charge is 2.20. The minimum absolute atomic E-state index is 0. The summed E-state index contributed by atoms with van der Waals surface area (Å²) in [5, 5.41) is 3.48. The minimum atomic E-state index is 0. The molecule has 1 saturated heterocycles. The van der Waals surface area contributed by atoms with Crippen LogP contribution in [0.1, 0.15) is 28.1 Å². The van der Waals surface area contributed by atoms with Crippen LogP contribution in [0.4, 0.5) is 0 Å². The van der Waals surface area contributed by atoms with E-state index in [0.717, 1.165) is 50.1 Å². The van der Waals surface area contributed by atoms with Gasteiger partial charge in [0.1, 0.15) is 5.75 Å². The lowest BCUT2D eigenvalue weighted by molar-refractivity contribution is 0.222. The number of nitrogens with zero attached hydrogens (tertiary/aromatic N) is 2. The van der Waals surface area contributed by atoms with E-state index in [2.05, 4.69) is 47.2 Å². The smallest absolute Gasteiger partial charge is 0.122 e. The van der Waals surface area contributed by atoms with Crippen molar-refractivity contribution in [2.24, 2.45) is 5.92 Å². The molecule has 138 valence electrons. The first-order valence-corrected chi connectivity index (χ1v) is 9.49. The molecule has 0 saturated carbocycles. The lowest BCUT2D eigenvalue weighted by Crippen LogP contribution is -2.30. The third kappa shape index (κ3) is 5.42. The number of hydrogen-bond acceptors (Lipinski definition) is 5. The maximum Gasteiger partial charge on any atom is 0.122 e. The Balaban J connectivity index is 0.00000225. The van der Waals surface area contributed by atoms with Crippen molar-refractivity contribution in [3.8, 4) is 5.75 Å². The van der Waals surface area contributed by atoms with Crippen molar-refractivity contribution in [1.82, 2.24) is 15.2 Å². The van der Waals surface area contributed by atoms with Gasteiger partial charge in [0.15, 0.2) is 0 Å². The summed E-state index contributed by atoms with van der Waals surface area (Å²) in [6.45, 7) is 9.53. The first-order valence-electron chi connectivity index (χ1n) is 8.61. The van der Waals surface area contributed by atoms with Crippen LogP contribution in [0.2, 0.25) is 0 Å². The van der Waals surface area contributed by atoms with E-state index < -0.39 is 0 Å². The van der Waals surface area contributed by atoms with E-state index in [4.69, 9.17) is 4.74 Å². The normalized spacial score (nSPS) is 16.9. The number of halogens is 1. The molecule has 0 aliphatic carbocycles. The molecule has 1 unspecified atom stereocenters. The molecule has 1 N–H and O–H groups in total. The third-order valence-corrected chi connectivity index (χ3v) is 5.69. The minimum Gasteiger partial charge on any atom is -0.496 e. The highest BCUT2D eigenvalue weighted by atomic mass is 35.5. The molecule has 6 heteroatoms. The van der Waals surface area contributed by atoms with Crippen LogP contribution < -0.4 is 10.1 Å². The molecule has 0 bridgehead atoms. The lowest BCUT2D eigenvalue weighted by Gasteiger charge is -2.25. The Bertz CT molecular complexity index is 670. The molecular formula is C19H28ClN3OS. The van der Waals surface area contributed by atoms with Crippen molar-refractivity contribution in [3.05, 3.63) is 45.4 Å². The van der Waals surface area contributed by atoms with Gasteiger partial charge in [0.25, 0.3) is 0 Å². The van der Waals surface area contributed by atoms with E-state index in [9.17, 15) is 0 Å². The Morgan fingerprint density at radius 3 is 2.80 bits per heavy atom. The molecule has 1 aromatic carbocycles. The predicted molar refractivity (Wildman–Crippen MR) is 107 cm³/mol. The first kappa shape index (κ1) is 20.2. The van der Waals surface area contributed by atoms with E-state index >= 15 is 0 Å². The fourth-order valence-corrected chi connectivity index (χ4v) is 4.14. The van der Waals surface area contributed by atoms with E-state index in [0.29, 0.717) is 0 Å². The summed E-state index contributed by atoms with van der Waals surface area (Å²) in [6, 6.07) is 6.55. The number of aromatic nitrogens is 1. The Kier molecular flexibility index (Phi) is 7.69. The average molecular weight is 382 g/mol. The van der Waals surface area contributed by atoms with Crippen LogP contribution >= 0.6 is 23.7 Å². The van der Waals surface area contributed by atoms with E-state index in [1.54, 1.807) is 18.4 Å². The van der Waals surface area contributed by atoms with E-state index in [1.807, 2.05) is 5.51 Å². The number of methoxy groups -OCH3 is 1. The Hall–Kier alpha value is -1.14. The predicted octanol–water partition coefficient (Wildman–Crippen LogP) is 3.80. The Labute approximate surface area is 161 Å². The fraction of sp³-hybridized carbons (Fsp3) is 0.526. The monoisotopic (exact) mass is 381 g/mol. The molecule has 1 aromatic heterocycles. The number of thiazole rings is 1. The van der Waals surface area contributed by atoms with Crippen LogP contribution in [0.25, 0.3) is 0 Å². The van der Waals surface area contributed by atoms with Crippen LogP contribution in [-0.4, -0.2) is 36.6 Å². The van der Waals surface area contributed by atoms with Crippen molar-refractivity contribution in [3.63, 3.8) is 0 Å². The van der Waals surface area contributed by atoms with Gasteiger partial charge in [-0.25, -0.2) is 4.98 Å². The van der Waals surface area contributed by atoms with E-state index in [-0.39, 0.29) is 12.4 Å². The number of benzene rings is 1. The van der Waals surface area contributed by atoms with Crippen molar-refractivity contribution >= 4 is 23.7 Å². The first-order chi connectivity index (χ1) is 11.7. The summed E-state index contributed by atoms with van der Waals surface area (Å²) in [6.07, 6.45) is 1.27. The molecule has 1 aliphatic rings. The van der Waals surface area contributed by atoms with E-state index in [1.165, 1.54) is 22.4 Å². The van der Waals surface area contributed by atoms with Gasteiger partial charge in [0.05, 0.1) is 18.3 Å². The molecule has 1 fully saturated rings. The van der Waals surface area contributed by atoms with Gasteiger partial charge in [-0.15, -0.1) is 23.7 Å². The molecule has 0 amide bonds. The van der Waals surface area contributed by atoms with Gasteiger partial charge in [0.2, 0.25) is 0 Å². The summed E-state index contributed by atoms with van der Waals surface area (Å²) < 4.78 is 5.49. The average Bonchev–Trinajstić information content (AvgIpc) is 3.22. The molecule has 0 radical (unpaired) electrons. The van der Waals surface area contributed by atoms with Crippen LogP contribution in [-0.2, 0) is 13.1 Å². The third-order valence-electron chi connectivity index (χ3n) is 4.77. The van der Waals surface area contributed by atoms with Gasteiger partial charge < -0.3 is 10.1 Å². The topological polar surface area (TPSA) is 37.4 Å². The summed E-state index contributed by atoms with van der Waals surface area (Å²) >= 11 is 1.76. The zero-order valence-corrected chi connectivity index (χ0v) is 16.9. The summed E-state index contributed by atoms with van der Waals surface area (Å²) in [5.41, 5.74) is 5.61. The molecule has 1 atom stereocenters. The quantitative estimate of drug-likeness (QED) is 0.791. The highest BCUT2D eigenvalue weighted by molar-refractivity contribution is 7.09. The highest BCUT2D eigenvalue weighted by Crippen LogP contribution is 2.23. The van der Waals surface area contributed by atoms with Gasteiger partial charge in [0, 0.05) is 24.5 Å². The fourth-order valence-electron chi connectivity index (χ4n) is 3.32. The maximum atomic E-state index is 5.49. The van der Waals surface area contributed by atoms with Crippen molar-refractivity contribution in [2.75, 3.05) is 26.7 Å². The van der Waals surface area contributed by atoms with Gasteiger partial charge >= 0.3 is 0 Å². The van der Waals surface area contributed by atoms with Crippen molar-refractivity contribution in [2.45, 2.75) is 33.4 Å². The van der Waals surface area contributed by atoms with Gasteiger partial charge in [-0.05, 0) is 56.5 Å². The molecule has 3 rings (SSSR count). The van der Waals surface area contributed by atoms with Crippen molar-refractivity contribution < 1.29 is 4.74 Å². The molecule has 0 spiro atoms. The Morgan fingerprint density at radius 2 is 2.16 bits per heavy atom. The largest absolute Gasteiger partial charge is 0.496 e. The second kappa shape index (κ2) is 9.53. The molecule has 4 nitrogen and oxygen atoms in total. The van der Waals surface area contributed by atoms with Gasteiger partial charge in [-0.2, -0.15) is 0 Å². The summed E-state index contributed by atoms with van der Waals surface area (Å²) in [5.74, 6) is 1.72. The van der Waals surface area contributed by atoms with Crippen LogP contribution in [0.5, 0.6) is 5.75 Å². The van der Waals surface area contributed by atoms with Crippen molar-refractivity contribution in [1.29, 1.82) is 0 Å². The van der Waals surface area contributed by atoms with Crippen LogP contribution in [0, 0.1) is 19.8 Å². The van der Waals surface area contributed by atoms with Crippen LogP contribution in [0.3, 0.4) is 0 Å². The number of nitrogens with one attached hydrogen (secondary N) is 1. The lowest BCUT2D eigenvalue weighted by atomic mass is 10.1. The Morgan fingerprint density at radius 1 is 1.32 bits per heavy atom. The number of rotatable bonds is 7. The maximum absolute atomic E-state index is 5.49. The number of aryl methyl sites for hydroxylation is 2. The number of hydrogen-bond donors (Lipinski definition) is 1. The SMILES string of the molecule is COc1cc(CN(Cc2scnc2C)CC2CCNC2)ccc1C.Cl. The second-order valence-electron chi connectivity index (χ2n) is 6.69. The molecular weight excluding hydrogens is 354 g/mol. The van der Waals surface area contributed by atoms with Gasteiger partial charge in [-0.3, -0.25) is 4.90 Å². The van der Waals surface area contributed by atoms with Gasteiger partial charge in [-0.1, -0.05) is 12.1 Å². The summed E-state index contributed by atoms with van der Waals surface area (Å²) in [7, 11) is 1.74. The molecule has 2 heterocycles. The standard InChI is InChI=1S/C19H27N3OS.ClH/c1-14-4-5-16(8-18(14)23-3)10-22(11-17-6-7-20-9-17)12-19-15(2)21-13-24-19;/h4-5,8,13,17,20H,6-7,9-12H2,1-3H3;1H. The molecule has 1 aliphatic heterocycles. The molecule has 25 heavy (non-hydrogen) atoms. The zero-order valence-electron chi connectivity index (χ0n) is 15.2.